The summed E-state index contributed by atoms with van der Waals surface area (Å²) in [6.45, 7) is 8.24. The van der Waals surface area contributed by atoms with E-state index >= 15 is 0 Å². The fraction of sp³-hybridized carbons (Fsp3) is 0.389. The summed E-state index contributed by atoms with van der Waals surface area (Å²) >= 11 is 0. The van der Waals surface area contributed by atoms with Crippen LogP contribution in [0.4, 0.5) is 0 Å². The highest BCUT2D eigenvalue weighted by molar-refractivity contribution is 5.87. The van der Waals surface area contributed by atoms with E-state index in [0.29, 0.717) is 12.1 Å². The van der Waals surface area contributed by atoms with Crippen molar-refractivity contribution < 1.29 is 0 Å². The molecule has 0 spiro atoms. The van der Waals surface area contributed by atoms with Gasteiger partial charge in [-0.05, 0) is 13.8 Å². The van der Waals surface area contributed by atoms with Gasteiger partial charge in [-0.25, -0.2) is 0 Å². The van der Waals surface area contributed by atoms with E-state index < -0.39 is 0 Å². The van der Waals surface area contributed by atoms with Gasteiger partial charge < -0.3 is 16.0 Å². The molecule has 0 amide bonds. The summed E-state index contributed by atoms with van der Waals surface area (Å²) in [4.78, 5) is 4.59. The van der Waals surface area contributed by atoms with Crippen LogP contribution in [0.25, 0.3) is 0 Å². The molecular formula is C18H26N4. The number of aliphatic imine (C=N–C) groups is 1. The fourth-order valence-electron chi connectivity index (χ4n) is 2.25. The van der Waals surface area contributed by atoms with Gasteiger partial charge in [0.25, 0.3) is 0 Å². The minimum atomic E-state index is -0.00458. The lowest BCUT2D eigenvalue weighted by Crippen LogP contribution is -2.32. The number of dihydropyridines is 2. The Kier molecular flexibility index (Phi) is 5.64. The third kappa shape index (κ3) is 3.91. The zero-order valence-electron chi connectivity index (χ0n) is 13.8. The van der Waals surface area contributed by atoms with Crippen molar-refractivity contribution in [3.63, 3.8) is 0 Å². The Labute approximate surface area is 133 Å². The topological polar surface area (TPSA) is 48.5 Å². The van der Waals surface area contributed by atoms with Gasteiger partial charge in [-0.3, -0.25) is 4.99 Å². The molecule has 3 aliphatic heterocycles. The molecule has 0 aromatic heterocycles. The van der Waals surface area contributed by atoms with Gasteiger partial charge in [-0.1, -0.05) is 38.2 Å². The average molecular weight is 298 g/mol. The lowest BCUT2D eigenvalue weighted by atomic mass is 10.0. The summed E-state index contributed by atoms with van der Waals surface area (Å²) in [7, 11) is 0. The molecule has 0 radical (unpaired) electrons. The minimum Gasteiger partial charge on any atom is -0.385 e. The molecule has 3 N–H and O–H groups in total. The predicted molar refractivity (Wildman–Crippen MR) is 94.5 cm³/mol. The maximum Gasteiger partial charge on any atom is 0.145 e. The molecule has 0 saturated heterocycles. The first-order chi connectivity index (χ1) is 10.7. The zero-order valence-corrected chi connectivity index (χ0v) is 13.8. The van der Waals surface area contributed by atoms with Crippen molar-refractivity contribution in [1.29, 1.82) is 0 Å². The van der Waals surface area contributed by atoms with Crippen molar-refractivity contribution in [1.82, 2.24) is 16.0 Å². The Morgan fingerprint density at radius 1 is 0.818 bits per heavy atom. The van der Waals surface area contributed by atoms with E-state index in [-0.39, 0.29) is 6.17 Å². The van der Waals surface area contributed by atoms with Gasteiger partial charge in [0.15, 0.2) is 0 Å². The third-order valence-electron chi connectivity index (χ3n) is 3.56. The van der Waals surface area contributed by atoms with E-state index in [1.807, 2.05) is 38.7 Å². The SMILES string of the molecule is CC.CC1C=CC(C2=CNC(C3=CNC(C)C=C3)N=C2)=CN1. The third-order valence-corrected chi connectivity index (χ3v) is 3.56. The number of allylic oxidation sites excluding steroid dienone is 3. The summed E-state index contributed by atoms with van der Waals surface area (Å²) in [6, 6.07) is 0.786. The van der Waals surface area contributed by atoms with E-state index in [0.717, 1.165) is 16.7 Å². The van der Waals surface area contributed by atoms with Crippen LogP contribution in [0, 0.1) is 0 Å². The van der Waals surface area contributed by atoms with Crippen molar-refractivity contribution >= 4 is 6.21 Å². The number of nitrogens with zero attached hydrogens (tertiary/aromatic N) is 1. The Hall–Kier alpha value is -2.23. The maximum atomic E-state index is 4.59. The van der Waals surface area contributed by atoms with Gasteiger partial charge in [-0.15, -0.1) is 0 Å². The first kappa shape index (κ1) is 16.1. The molecule has 0 saturated carbocycles. The number of hydrogen-bond donors (Lipinski definition) is 3. The Bertz CT molecular complexity index is 564. The quantitative estimate of drug-likeness (QED) is 0.735. The normalized spacial score (nSPS) is 28.9. The van der Waals surface area contributed by atoms with Gasteiger partial charge in [0.05, 0.1) is 0 Å². The van der Waals surface area contributed by atoms with E-state index in [1.54, 1.807) is 0 Å². The number of hydrogen-bond acceptors (Lipinski definition) is 4. The van der Waals surface area contributed by atoms with Crippen LogP contribution < -0.4 is 16.0 Å². The van der Waals surface area contributed by atoms with Gasteiger partial charge in [0.2, 0.25) is 0 Å². The molecule has 3 atom stereocenters. The summed E-state index contributed by atoms with van der Waals surface area (Å²) in [5.74, 6) is 0. The highest BCUT2D eigenvalue weighted by Gasteiger charge is 2.16. The molecule has 3 aliphatic rings. The molecule has 0 aliphatic carbocycles. The fourth-order valence-corrected chi connectivity index (χ4v) is 2.25. The van der Waals surface area contributed by atoms with Crippen molar-refractivity contribution in [2.24, 2.45) is 4.99 Å². The van der Waals surface area contributed by atoms with E-state index in [2.05, 4.69) is 59.1 Å². The van der Waals surface area contributed by atoms with Crippen molar-refractivity contribution in [3.8, 4) is 0 Å². The zero-order chi connectivity index (χ0) is 15.9. The van der Waals surface area contributed by atoms with Crippen LogP contribution in [0.15, 0.2) is 64.6 Å². The Balaban J connectivity index is 0.000000847. The summed E-state index contributed by atoms with van der Waals surface area (Å²) in [6.07, 6.45) is 16.6. The van der Waals surface area contributed by atoms with Crippen molar-refractivity contribution in [3.05, 3.63) is 59.6 Å². The molecule has 4 nitrogen and oxygen atoms in total. The average Bonchev–Trinajstić information content (AvgIpc) is 2.58. The molecule has 0 bridgehead atoms. The van der Waals surface area contributed by atoms with Crippen LogP contribution in [0.2, 0.25) is 0 Å². The molecule has 3 heterocycles. The van der Waals surface area contributed by atoms with Crippen LogP contribution in [0.1, 0.15) is 27.7 Å². The molecule has 4 heteroatoms. The van der Waals surface area contributed by atoms with Crippen LogP contribution >= 0.6 is 0 Å². The number of rotatable bonds is 2. The predicted octanol–water partition coefficient (Wildman–Crippen LogP) is 2.76. The van der Waals surface area contributed by atoms with Crippen molar-refractivity contribution in [2.45, 2.75) is 45.9 Å². The Morgan fingerprint density at radius 2 is 1.45 bits per heavy atom. The molecule has 0 fully saturated rings. The van der Waals surface area contributed by atoms with E-state index in [9.17, 15) is 0 Å². The molecule has 3 rings (SSSR count). The second-order valence-electron chi connectivity index (χ2n) is 5.32. The lowest BCUT2D eigenvalue weighted by molar-refractivity contribution is 0.671. The first-order valence-electron chi connectivity index (χ1n) is 8.01. The second kappa shape index (κ2) is 7.69. The number of nitrogens with one attached hydrogen (secondary N) is 3. The molecule has 118 valence electrons. The molecule has 22 heavy (non-hydrogen) atoms. The van der Waals surface area contributed by atoms with E-state index in [4.69, 9.17) is 0 Å². The van der Waals surface area contributed by atoms with Gasteiger partial charge in [-0.2, -0.15) is 0 Å². The smallest absolute Gasteiger partial charge is 0.145 e. The van der Waals surface area contributed by atoms with Crippen LogP contribution in [-0.2, 0) is 0 Å². The Morgan fingerprint density at radius 3 is 1.95 bits per heavy atom. The molecule has 0 aromatic rings. The van der Waals surface area contributed by atoms with Crippen LogP contribution in [0.5, 0.6) is 0 Å². The monoisotopic (exact) mass is 298 g/mol. The highest BCUT2D eigenvalue weighted by atomic mass is 15.1. The minimum absolute atomic E-state index is 0.00458. The first-order valence-corrected chi connectivity index (χ1v) is 8.01. The largest absolute Gasteiger partial charge is 0.385 e. The van der Waals surface area contributed by atoms with Crippen LogP contribution in [-0.4, -0.2) is 24.5 Å². The summed E-state index contributed by atoms with van der Waals surface area (Å²) < 4.78 is 0. The second-order valence-corrected chi connectivity index (χ2v) is 5.32. The molecular weight excluding hydrogens is 272 g/mol. The summed E-state index contributed by atoms with van der Waals surface area (Å²) in [5.41, 5.74) is 3.39. The standard InChI is InChI=1S/C16H20N4.C2H6/c1-11-3-5-13(7-17-11)15-9-19-16(20-10-15)14-6-4-12(2)18-8-14;1-2/h3-12,16-19H,1-2H3;1-2H3. The highest BCUT2D eigenvalue weighted by Crippen LogP contribution is 2.18. The molecule has 3 unspecified atom stereocenters. The maximum absolute atomic E-state index is 4.59. The van der Waals surface area contributed by atoms with E-state index in [1.165, 1.54) is 0 Å². The summed E-state index contributed by atoms with van der Waals surface area (Å²) in [5, 5.41) is 9.93. The lowest BCUT2D eigenvalue weighted by Gasteiger charge is -2.23. The van der Waals surface area contributed by atoms with Gasteiger partial charge >= 0.3 is 0 Å². The van der Waals surface area contributed by atoms with Gasteiger partial charge in [0.1, 0.15) is 6.17 Å². The van der Waals surface area contributed by atoms with Gasteiger partial charge in [0, 0.05) is 53.6 Å². The molecule has 0 aromatic carbocycles. The van der Waals surface area contributed by atoms with Crippen molar-refractivity contribution in [2.75, 3.05) is 0 Å². The van der Waals surface area contributed by atoms with Crippen LogP contribution in [0.3, 0.4) is 0 Å².